The number of esters is 1. The molecular weight excluding hydrogens is 410 g/mol. The van der Waals surface area contributed by atoms with Gasteiger partial charge in [0.15, 0.2) is 0 Å². The highest BCUT2D eigenvalue weighted by molar-refractivity contribution is 5.92. The molecule has 2 unspecified atom stereocenters. The molecule has 1 aromatic carbocycles. The van der Waals surface area contributed by atoms with Crippen molar-refractivity contribution in [3.8, 4) is 5.75 Å². The zero-order chi connectivity index (χ0) is 24.9. The fourth-order valence-corrected chi connectivity index (χ4v) is 2.97. The van der Waals surface area contributed by atoms with E-state index in [0.29, 0.717) is 30.9 Å². The Balaban J connectivity index is 0.00000466. The first-order valence-electron chi connectivity index (χ1n) is 11.4. The van der Waals surface area contributed by atoms with Crippen LogP contribution in [0.25, 0.3) is 0 Å². The van der Waals surface area contributed by atoms with E-state index in [2.05, 4.69) is 0 Å². The summed E-state index contributed by atoms with van der Waals surface area (Å²) in [5.41, 5.74) is 0.598. The zero-order valence-electron chi connectivity index (χ0n) is 21.6. The van der Waals surface area contributed by atoms with Crippen molar-refractivity contribution >= 4 is 12.1 Å². The first-order chi connectivity index (χ1) is 15.1. The van der Waals surface area contributed by atoms with Crippen LogP contribution in [-0.4, -0.2) is 56.0 Å². The number of methoxy groups -OCH3 is 2. The lowest BCUT2D eigenvalue weighted by Crippen LogP contribution is -2.43. The average molecular weight is 454 g/mol. The van der Waals surface area contributed by atoms with Crippen LogP contribution in [0, 0.1) is 0 Å². The third-order valence-electron chi connectivity index (χ3n) is 4.73. The molecule has 184 valence electrons. The van der Waals surface area contributed by atoms with E-state index in [1.54, 1.807) is 24.1 Å². The molecule has 1 aromatic rings. The standard InChI is InChI=1S/C23H37NO6.C2H6/c1-9-16(2)24(22(26)30-23(4,5)6)17(3)18-11-12-19(21(25)28-8)20(15-18)29-14-10-13-27-7;1-2/h11-12,15-17H,9-10,13-14H2,1-8H3;1-2H3. The molecule has 0 aliphatic heterocycles. The maximum atomic E-state index is 12.9. The minimum absolute atomic E-state index is 0.0267. The van der Waals surface area contributed by atoms with Gasteiger partial charge in [-0.2, -0.15) is 0 Å². The summed E-state index contributed by atoms with van der Waals surface area (Å²) in [7, 11) is 2.96. The van der Waals surface area contributed by atoms with Crippen LogP contribution in [0.15, 0.2) is 18.2 Å². The highest BCUT2D eigenvalue weighted by Gasteiger charge is 2.30. The zero-order valence-corrected chi connectivity index (χ0v) is 21.6. The van der Waals surface area contributed by atoms with Gasteiger partial charge in [0.1, 0.15) is 16.9 Å². The first-order valence-corrected chi connectivity index (χ1v) is 11.4. The summed E-state index contributed by atoms with van der Waals surface area (Å²) in [6.45, 7) is 16.5. The van der Waals surface area contributed by atoms with E-state index >= 15 is 0 Å². The summed E-state index contributed by atoms with van der Waals surface area (Å²) in [4.78, 5) is 26.8. The van der Waals surface area contributed by atoms with Gasteiger partial charge in [-0.1, -0.05) is 26.8 Å². The van der Waals surface area contributed by atoms with Crippen LogP contribution in [0.1, 0.15) is 90.2 Å². The van der Waals surface area contributed by atoms with Gasteiger partial charge in [0.25, 0.3) is 0 Å². The van der Waals surface area contributed by atoms with Crippen LogP contribution >= 0.6 is 0 Å². The van der Waals surface area contributed by atoms with Gasteiger partial charge in [-0.3, -0.25) is 4.90 Å². The van der Waals surface area contributed by atoms with Gasteiger partial charge < -0.3 is 18.9 Å². The normalized spacial score (nSPS) is 12.7. The number of carbonyl (C=O) groups is 2. The van der Waals surface area contributed by atoms with Crippen molar-refractivity contribution in [1.29, 1.82) is 0 Å². The SMILES string of the molecule is CC.CCC(C)N(C(=O)OC(C)(C)C)C(C)c1ccc(C(=O)OC)c(OCCCOC)c1. The van der Waals surface area contributed by atoms with Gasteiger partial charge in [0, 0.05) is 26.2 Å². The van der Waals surface area contributed by atoms with E-state index in [0.717, 1.165) is 12.0 Å². The van der Waals surface area contributed by atoms with E-state index in [9.17, 15) is 9.59 Å². The lowest BCUT2D eigenvalue weighted by molar-refractivity contribution is 0.00773. The molecule has 0 saturated heterocycles. The van der Waals surface area contributed by atoms with Gasteiger partial charge in [-0.15, -0.1) is 0 Å². The van der Waals surface area contributed by atoms with Crippen LogP contribution in [0.2, 0.25) is 0 Å². The molecule has 0 heterocycles. The average Bonchev–Trinajstić information content (AvgIpc) is 2.76. The largest absolute Gasteiger partial charge is 0.493 e. The molecule has 0 saturated carbocycles. The molecule has 0 bridgehead atoms. The number of hydrogen-bond acceptors (Lipinski definition) is 6. The molecule has 2 atom stereocenters. The summed E-state index contributed by atoms with van der Waals surface area (Å²) < 4.78 is 21.4. The minimum atomic E-state index is -0.590. The maximum absolute atomic E-state index is 12.9. The fourth-order valence-electron chi connectivity index (χ4n) is 2.97. The van der Waals surface area contributed by atoms with Crippen molar-refractivity contribution in [2.75, 3.05) is 27.4 Å². The third-order valence-corrected chi connectivity index (χ3v) is 4.73. The summed E-state index contributed by atoms with van der Waals surface area (Å²) in [5.74, 6) is -0.0440. The number of ether oxygens (including phenoxy) is 4. The third kappa shape index (κ3) is 9.47. The maximum Gasteiger partial charge on any atom is 0.411 e. The first kappa shape index (κ1) is 29.7. The van der Waals surface area contributed by atoms with E-state index in [1.165, 1.54) is 7.11 Å². The molecule has 1 amide bonds. The molecule has 0 radical (unpaired) electrons. The molecule has 0 N–H and O–H groups in total. The van der Waals surface area contributed by atoms with E-state index in [-0.39, 0.29) is 18.2 Å². The monoisotopic (exact) mass is 453 g/mol. The Morgan fingerprint density at radius 2 is 1.69 bits per heavy atom. The Bertz CT molecular complexity index is 698. The quantitative estimate of drug-likeness (QED) is 0.319. The number of hydrogen-bond donors (Lipinski definition) is 0. The Kier molecular flexibility index (Phi) is 13.7. The second-order valence-electron chi connectivity index (χ2n) is 8.26. The molecule has 0 fully saturated rings. The molecule has 7 nitrogen and oxygen atoms in total. The predicted octanol–water partition coefficient (Wildman–Crippen LogP) is 6.01. The number of benzene rings is 1. The van der Waals surface area contributed by atoms with Gasteiger partial charge in [0.05, 0.1) is 19.8 Å². The molecule has 32 heavy (non-hydrogen) atoms. The van der Waals surface area contributed by atoms with Crippen molar-refractivity contribution in [3.63, 3.8) is 0 Å². The Labute approximate surface area is 194 Å². The van der Waals surface area contributed by atoms with Crippen molar-refractivity contribution in [2.24, 2.45) is 0 Å². The molecule has 0 aliphatic rings. The summed E-state index contributed by atoms with van der Waals surface area (Å²) >= 11 is 0. The highest BCUT2D eigenvalue weighted by Crippen LogP contribution is 2.31. The molecule has 0 spiro atoms. The van der Waals surface area contributed by atoms with E-state index in [1.807, 2.05) is 61.5 Å². The topological polar surface area (TPSA) is 74.3 Å². The van der Waals surface area contributed by atoms with E-state index in [4.69, 9.17) is 18.9 Å². The van der Waals surface area contributed by atoms with Crippen LogP contribution in [0.4, 0.5) is 4.79 Å². The Hall–Kier alpha value is -2.28. The Morgan fingerprint density at radius 3 is 2.19 bits per heavy atom. The summed E-state index contributed by atoms with van der Waals surface area (Å²) in [6.07, 6.45) is 1.10. The molecule has 0 aliphatic carbocycles. The minimum Gasteiger partial charge on any atom is -0.493 e. The second-order valence-corrected chi connectivity index (χ2v) is 8.26. The summed E-state index contributed by atoms with van der Waals surface area (Å²) in [6, 6.07) is 4.99. The van der Waals surface area contributed by atoms with Crippen molar-refractivity contribution in [1.82, 2.24) is 4.90 Å². The van der Waals surface area contributed by atoms with Gasteiger partial charge >= 0.3 is 12.1 Å². The van der Waals surface area contributed by atoms with Crippen LogP contribution in [0.3, 0.4) is 0 Å². The van der Waals surface area contributed by atoms with Gasteiger partial charge in [0.2, 0.25) is 0 Å². The van der Waals surface area contributed by atoms with Gasteiger partial charge in [-0.05, 0) is 58.7 Å². The highest BCUT2D eigenvalue weighted by atomic mass is 16.6. The van der Waals surface area contributed by atoms with Crippen molar-refractivity contribution < 1.29 is 28.5 Å². The van der Waals surface area contributed by atoms with Crippen molar-refractivity contribution in [2.45, 2.75) is 85.9 Å². The van der Waals surface area contributed by atoms with E-state index < -0.39 is 11.6 Å². The second kappa shape index (κ2) is 14.7. The smallest absolute Gasteiger partial charge is 0.411 e. The van der Waals surface area contributed by atoms with Gasteiger partial charge in [-0.25, -0.2) is 9.59 Å². The molecule has 1 rings (SSSR count). The lowest BCUT2D eigenvalue weighted by Gasteiger charge is -2.36. The van der Waals surface area contributed by atoms with Crippen LogP contribution in [-0.2, 0) is 14.2 Å². The van der Waals surface area contributed by atoms with Crippen LogP contribution in [0.5, 0.6) is 5.75 Å². The number of rotatable bonds is 10. The molecule has 0 aromatic heterocycles. The van der Waals surface area contributed by atoms with Crippen LogP contribution < -0.4 is 4.74 Å². The predicted molar refractivity (Wildman–Crippen MR) is 127 cm³/mol. The molecular formula is C25H43NO6. The number of nitrogens with zero attached hydrogens (tertiary/aromatic N) is 1. The number of carbonyl (C=O) groups excluding carboxylic acids is 2. The fraction of sp³-hybridized carbons (Fsp3) is 0.680. The van der Waals surface area contributed by atoms with Crippen molar-refractivity contribution in [3.05, 3.63) is 29.3 Å². The molecule has 7 heteroatoms. The summed E-state index contributed by atoms with van der Waals surface area (Å²) in [5, 5.41) is 0. The lowest BCUT2D eigenvalue weighted by atomic mass is 10.0. The number of amides is 1. The Morgan fingerprint density at radius 1 is 1.06 bits per heavy atom.